The van der Waals surface area contributed by atoms with Crippen molar-refractivity contribution in [2.75, 3.05) is 5.32 Å². The summed E-state index contributed by atoms with van der Waals surface area (Å²) in [5.41, 5.74) is 5.47. The summed E-state index contributed by atoms with van der Waals surface area (Å²) in [6, 6.07) is 14.6. The van der Waals surface area contributed by atoms with Crippen LogP contribution < -0.4 is 14.8 Å². The fourth-order valence-electron chi connectivity index (χ4n) is 7.00. The Balaban J connectivity index is 1.25. The van der Waals surface area contributed by atoms with E-state index in [0.29, 0.717) is 46.2 Å². The summed E-state index contributed by atoms with van der Waals surface area (Å²) in [7, 11) is -3.73. The molecule has 2 aromatic carbocycles. The van der Waals surface area contributed by atoms with Crippen molar-refractivity contribution in [2.45, 2.75) is 69.0 Å². The number of benzene rings is 2. The SMILES string of the molecule is O=C1Cn2c(c(C3CCCCC3)c3sc(C(=O)NS(=O)(=O)C4CC4)cc32)-c2ccc3nc(-c4cccc(OC(F)(F)F)c4)ccc3c2N1. The monoisotopic (exact) mass is 694 g/mol. The number of halogens is 3. The number of alkyl halides is 3. The summed E-state index contributed by atoms with van der Waals surface area (Å²) >= 11 is 1.26. The molecule has 2 saturated carbocycles. The number of anilines is 1. The Morgan fingerprint density at radius 2 is 1.81 bits per heavy atom. The van der Waals surface area contributed by atoms with Gasteiger partial charge in [-0.3, -0.25) is 9.59 Å². The van der Waals surface area contributed by atoms with E-state index in [1.807, 2.05) is 16.7 Å². The molecule has 2 N–H and O–H groups in total. The van der Waals surface area contributed by atoms with Crippen molar-refractivity contribution in [3.63, 3.8) is 0 Å². The Labute approximate surface area is 277 Å². The second kappa shape index (κ2) is 11.3. The van der Waals surface area contributed by atoms with Crippen LogP contribution in [0, 0.1) is 0 Å². The van der Waals surface area contributed by atoms with Crippen LogP contribution in [0.1, 0.15) is 66.1 Å². The molecule has 0 atom stereocenters. The minimum absolute atomic E-state index is 0.00952. The predicted octanol–water partition coefficient (Wildman–Crippen LogP) is 7.71. The van der Waals surface area contributed by atoms with Gasteiger partial charge in [0.15, 0.2) is 0 Å². The molecule has 0 radical (unpaired) electrons. The van der Waals surface area contributed by atoms with Crippen LogP contribution >= 0.6 is 11.3 Å². The topological polar surface area (TPSA) is 119 Å². The van der Waals surface area contributed by atoms with Gasteiger partial charge in [0.2, 0.25) is 15.9 Å². The van der Waals surface area contributed by atoms with Gasteiger partial charge < -0.3 is 14.6 Å². The number of sulfonamides is 1. The summed E-state index contributed by atoms with van der Waals surface area (Å²) in [4.78, 5) is 31.7. The standard InChI is InChI=1S/C34H29F3N4O5S2/c35-34(36,37)46-20-8-4-7-19(15-20)24-13-11-22-25(38-24)14-12-23-30(22)39-28(42)17-41-26-16-27(33(43)40-48(44,45)21-9-10-21)47-32(26)29(31(23)41)18-5-2-1-3-6-18/h4,7-8,11-16,18,21H,1-3,5-6,9-10,17H2,(H,39,42)(H,40,43). The molecule has 2 aliphatic carbocycles. The lowest BCUT2D eigenvalue weighted by molar-refractivity contribution is -0.274. The van der Waals surface area contributed by atoms with Crippen molar-refractivity contribution in [3.05, 3.63) is 65.0 Å². The van der Waals surface area contributed by atoms with Crippen LogP contribution in [0.2, 0.25) is 0 Å². The molecule has 0 spiro atoms. The zero-order valence-corrected chi connectivity index (χ0v) is 27.0. The molecule has 2 amide bonds. The van der Waals surface area contributed by atoms with Gasteiger partial charge in [-0.15, -0.1) is 24.5 Å². The highest BCUT2D eigenvalue weighted by molar-refractivity contribution is 7.91. The number of amides is 2. The minimum atomic E-state index is -4.82. The molecule has 2 fully saturated rings. The molecule has 8 rings (SSSR count). The van der Waals surface area contributed by atoms with Gasteiger partial charge in [0.05, 0.1) is 42.9 Å². The van der Waals surface area contributed by atoms with Crippen molar-refractivity contribution < 1.29 is 35.9 Å². The summed E-state index contributed by atoms with van der Waals surface area (Å²) in [5, 5.41) is 3.21. The highest BCUT2D eigenvalue weighted by Crippen LogP contribution is 2.50. The highest BCUT2D eigenvalue weighted by atomic mass is 32.2. The van der Waals surface area contributed by atoms with Crippen molar-refractivity contribution in [1.29, 1.82) is 0 Å². The van der Waals surface area contributed by atoms with Crippen LogP contribution in [0.5, 0.6) is 5.75 Å². The lowest BCUT2D eigenvalue weighted by Gasteiger charge is -2.23. The third-order valence-electron chi connectivity index (χ3n) is 9.26. The molecule has 4 heterocycles. The summed E-state index contributed by atoms with van der Waals surface area (Å²) in [5.74, 6) is -1.10. The second-order valence-electron chi connectivity index (χ2n) is 12.6. The van der Waals surface area contributed by atoms with Crippen molar-refractivity contribution >= 4 is 60.0 Å². The van der Waals surface area contributed by atoms with Gasteiger partial charge in [-0.2, -0.15) is 0 Å². The van der Waals surface area contributed by atoms with Crippen LogP contribution in [0.3, 0.4) is 0 Å². The third kappa shape index (κ3) is 5.60. The summed E-state index contributed by atoms with van der Waals surface area (Å²) in [6.07, 6.45) is 1.41. The van der Waals surface area contributed by atoms with E-state index in [1.165, 1.54) is 29.5 Å². The van der Waals surface area contributed by atoms with E-state index in [1.54, 1.807) is 24.3 Å². The number of carbonyl (C=O) groups excluding carboxylic acids is 2. The van der Waals surface area contributed by atoms with Crippen molar-refractivity contribution in [1.82, 2.24) is 14.3 Å². The Bertz CT molecular complexity index is 2250. The van der Waals surface area contributed by atoms with Gasteiger partial charge in [0.25, 0.3) is 5.91 Å². The number of fused-ring (bicyclic) bond motifs is 7. The Hall–Kier alpha value is -4.43. The van der Waals surface area contributed by atoms with Crippen LogP contribution in [0.4, 0.5) is 18.9 Å². The molecule has 0 unspecified atom stereocenters. The fourth-order valence-corrected chi connectivity index (χ4v) is 9.54. The Kier molecular flexibility index (Phi) is 7.29. The first-order chi connectivity index (χ1) is 22.9. The van der Waals surface area contributed by atoms with Crippen molar-refractivity contribution in [2.24, 2.45) is 0 Å². The number of nitrogens with one attached hydrogen (secondary N) is 2. The molecule has 248 valence electrons. The average Bonchev–Trinajstić information content (AvgIpc) is 3.79. The zero-order valence-electron chi connectivity index (χ0n) is 25.4. The third-order valence-corrected chi connectivity index (χ3v) is 12.2. The van der Waals surface area contributed by atoms with E-state index in [9.17, 15) is 31.2 Å². The van der Waals surface area contributed by atoms with Crippen LogP contribution in [-0.2, 0) is 21.4 Å². The molecule has 9 nitrogen and oxygen atoms in total. The fraction of sp³-hybridized carbons (Fsp3) is 0.324. The second-order valence-corrected chi connectivity index (χ2v) is 15.6. The first kappa shape index (κ1) is 30.9. The number of hydrogen-bond donors (Lipinski definition) is 2. The molecule has 0 bridgehead atoms. The smallest absolute Gasteiger partial charge is 0.406 e. The maximum Gasteiger partial charge on any atom is 0.573 e. The predicted molar refractivity (Wildman–Crippen MR) is 177 cm³/mol. The highest BCUT2D eigenvalue weighted by Gasteiger charge is 2.38. The molecule has 0 saturated heterocycles. The number of hydrogen-bond acceptors (Lipinski definition) is 7. The molecule has 14 heteroatoms. The van der Waals surface area contributed by atoms with Crippen LogP contribution in [0.25, 0.3) is 43.6 Å². The number of rotatable bonds is 6. The van der Waals surface area contributed by atoms with E-state index in [4.69, 9.17) is 4.98 Å². The van der Waals surface area contributed by atoms with Gasteiger partial charge in [0.1, 0.15) is 12.3 Å². The number of nitrogens with zero attached hydrogens (tertiary/aromatic N) is 2. The van der Waals surface area contributed by atoms with E-state index in [0.717, 1.165) is 53.6 Å². The molecule has 3 aliphatic rings. The van der Waals surface area contributed by atoms with Gasteiger partial charge in [0, 0.05) is 16.5 Å². The molecule has 1 aliphatic heterocycles. The molecule has 3 aromatic heterocycles. The number of aromatic nitrogens is 2. The largest absolute Gasteiger partial charge is 0.573 e. The number of pyridine rings is 1. The quantitative estimate of drug-likeness (QED) is 0.188. The molecular weight excluding hydrogens is 666 g/mol. The zero-order chi connectivity index (χ0) is 33.4. The van der Waals surface area contributed by atoms with Gasteiger partial charge in [-0.05, 0) is 79.6 Å². The molecule has 48 heavy (non-hydrogen) atoms. The van der Waals surface area contributed by atoms with E-state index < -0.39 is 27.5 Å². The normalized spacial score (nSPS) is 17.1. The first-order valence-corrected chi connectivity index (χ1v) is 18.1. The van der Waals surface area contributed by atoms with Crippen LogP contribution in [-0.4, -0.2) is 41.4 Å². The minimum Gasteiger partial charge on any atom is -0.406 e. The summed E-state index contributed by atoms with van der Waals surface area (Å²) in [6.45, 7) is -0.00952. The Morgan fingerprint density at radius 3 is 2.56 bits per heavy atom. The maximum absolute atomic E-state index is 13.5. The lowest BCUT2D eigenvalue weighted by Crippen LogP contribution is -2.32. The van der Waals surface area contributed by atoms with E-state index in [-0.39, 0.29) is 29.0 Å². The Morgan fingerprint density at radius 1 is 1.02 bits per heavy atom. The lowest BCUT2D eigenvalue weighted by atomic mass is 9.83. The van der Waals surface area contributed by atoms with Crippen molar-refractivity contribution in [3.8, 4) is 28.3 Å². The maximum atomic E-state index is 13.5. The van der Waals surface area contributed by atoms with Gasteiger partial charge in [-0.1, -0.05) is 31.4 Å². The summed E-state index contributed by atoms with van der Waals surface area (Å²) < 4.78 is 72.7. The first-order valence-electron chi connectivity index (χ1n) is 15.8. The average molecular weight is 695 g/mol. The number of thiophene rings is 1. The molecule has 5 aromatic rings. The van der Waals surface area contributed by atoms with E-state index >= 15 is 0 Å². The van der Waals surface area contributed by atoms with E-state index in [2.05, 4.69) is 14.8 Å². The van der Waals surface area contributed by atoms with Gasteiger partial charge >= 0.3 is 6.36 Å². The van der Waals surface area contributed by atoms with Gasteiger partial charge in [-0.25, -0.2) is 18.1 Å². The molecular formula is C34H29F3N4O5S2. The number of carbonyl (C=O) groups is 2. The van der Waals surface area contributed by atoms with Crippen LogP contribution in [0.15, 0.2) is 54.6 Å². The number of ether oxygens (including phenoxy) is 1.